The summed E-state index contributed by atoms with van der Waals surface area (Å²) in [6.07, 6.45) is 19.8. The number of unbranched alkanes of at least 4 members (excludes halogenated alkanes) is 12. The average Bonchev–Trinajstić information content (AvgIpc) is 2.52. The average molecular weight is 327 g/mol. The second-order valence-corrected chi connectivity index (χ2v) is 7.08. The summed E-state index contributed by atoms with van der Waals surface area (Å²) >= 11 is 0. The minimum atomic E-state index is 0.00456. The van der Waals surface area contributed by atoms with Crippen LogP contribution in [0, 0.1) is 0 Å². The van der Waals surface area contributed by atoms with Gasteiger partial charge in [-0.15, -0.1) is 0 Å². The van der Waals surface area contributed by atoms with Gasteiger partial charge in [-0.2, -0.15) is 0 Å². The van der Waals surface area contributed by atoms with Crippen LogP contribution in [0.5, 0.6) is 0 Å². The van der Waals surface area contributed by atoms with Gasteiger partial charge in [0.25, 0.3) is 0 Å². The Bertz CT molecular complexity index is 250. The van der Waals surface area contributed by atoms with Gasteiger partial charge in [0.05, 0.1) is 6.10 Å². The highest BCUT2D eigenvalue weighted by Gasteiger charge is 2.08. The summed E-state index contributed by atoms with van der Waals surface area (Å²) in [6, 6.07) is 0. The van der Waals surface area contributed by atoms with Gasteiger partial charge in [-0.25, -0.2) is 0 Å². The van der Waals surface area contributed by atoms with Crippen LogP contribution in [-0.2, 0) is 9.53 Å². The maximum Gasteiger partial charge on any atom is 0.306 e. The first-order chi connectivity index (χ1) is 11.2. The van der Waals surface area contributed by atoms with Crippen molar-refractivity contribution in [3.63, 3.8) is 0 Å². The SMILES string of the molecule is CCCCCCCCCCCCCC(=O)O[C@@H](C)CCCCC. The largest absolute Gasteiger partial charge is 0.463 e. The number of esters is 1. The molecule has 23 heavy (non-hydrogen) atoms. The maximum atomic E-state index is 11.7. The van der Waals surface area contributed by atoms with Crippen molar-refractivity contribution in [3.05, 3.63) is 0 Å². The van der Waals surface area contributed by atoms with Crippen LogP contribution in [0.3, 0.4) is 0 Å². The molecule has 0 unspecified atom stereocenters. The molecule has 0 heterocycles. The third-order valence-corrected chi connectivity index (χ3v) is 4.53. The lowest BCUT2D eigenvalue weighted by atomic mass is 10.1. The molecule has 2 heteroatoms. The molecule has 0 saturated carbocycles. The van der Waals surface area contributed by atoms with Crippen molar-refractivity contribution < 1.29 is 9.53 Å². The van der Waals surface area contributed by atoms with Crippen molar-refractivity contribution in [1.82, 2.24) is 0 Å². The summed E-state index contributed by atoms with van der Waals surface area (Å²) in [5.41, 5.74) is 0. The van der Waals surface area contributed by atoms with E-state index < -0.39 is 0 Å². The predicted octanol–water partition coefficient (Wildman–Crippen LogP) is 7.20. The van der Waals surface area contributed by atoms with Gasteiger partial charge in [0, 0.05) is 6.42 Å². The summed E-state index contributed by atoms with van der Waals surface area (Å²) in [7, 11) is 0. The summed E-state index contributed by atoms with van der Waals surface area (Å²) in [6.45, 7) is 6.49. The Morgan fingerprint density at radius 1 is 0.696 bits per heavy atom. The van der Waals surface area contributed by atoms with Crippen molar-refractivity contribution in [1.29, 1.82) is 0 Å². The van der Waals surface area contributed by atoms with E-state index in [0.717, 1.165) is 12.8 Å². The third-order valence-electron chi connectivity index (χ3n) is 4.53. The highest BCUT2D eigenvalue weighted by Crippen LogP contribution is 2.13. The molecule has 0 fully saturated rings. The third kappa shape index (κ3) is 17.7. The molecule has 0 saturated heterocycles. The Hall–Kier alpha value is -0.530. The summed E-state index contributed by atoms with van der Waals surface area (Å²) in [5.74, 6) is 0.00456. The quantitative estimate of drug-likeness (QED) is 0.209. The number of hydrogen-bond acceptors (Lipinski definition) is 2. The normalized spacial score (nSPS) is 12.3. The van der Waals surface area contributed by atoms with Crippen molar-refractivity contribution >= 4 is 5.97 Å². The number of hydrogen-bond donors (Lipinski definition) is 0. The van der Waals surface area contributed by atoms with Crippen molar-refractivity contribution in [2.24, 2.45) is 0 Å². The molecule has 0 rings (SSSR count). The minimum absolute atomic E-state index is 0.00456. The van der Waals surface area contributed by atoms with E-state index in [0.29, 0.717) is 6.42 Å². The smallest absolute Gasteiger partial charge is 0.306 e. The van der Waals surface area contributed by atoms with Crippen LogP contribution in [0.1, 0.15) is 124 Å². The van der Waals surface area contributed by atoms with Gasteiger partial charge in [-0.3, -0.25) is 4.79 Å². The van der Waals surface area contributed by atoms with E-state index >= 15 is 0 Å². The Morgan fingerprint density at radius 2 is 1.13 bits per heavy atom. The van der Waals surface area contributed by atoms with Gasteiger partial charge in [0.15, 0.2) is 0 Å². The lowest BCUT2D eigenvalue weighted by Gasteiger charge is -2.12. The van der Waals surface area contributed by atoms with Crippen molar-refractivity contribution in [2.75, 3.05) is 0 Å². The zero-order chi connectivity index (χ0) is 17.2. The van der Waals surface area contributed by atoms with Gasteiger partial charge < -0.3 is 4.74 Å². The molecule has 0 aromatic rings. The van der Waals surface area contributed by atoms with E-state index in [4.69, 9.17) is 4.74 Å². The molecule has 0 aromatic carbocycles. The molecule has 1 atom stereocenters. The fourth-order valence-corrected chi connectivity index (χ4v) is 2.96. The van der Waals surface area contributed by atoms with Crippen LogP contribution in [0.4, 0.5) is 0 Å². The van der Waals surface area contributed by atoms with Gasteiger partial charge >= 0.3 is 5.97 Å². The Labute approximate surface area is 145 Å². The lowest BCUT2D eigenvalue weighted by molar-refractivity contribution is -0.148. The van der Waals surface area contributed by atoms with E-state index in [1.165, 1.54) is 83.5 Å². The molecule has 0 aliphatic rings. The Balaban J connectivity index is 3.26. The molecule has 0 N–H and O–H groups in total. The first-order valence-electron chi connectivity index (χ1n) is 10.4. The van der Waals surface area contributed by atoms with E-state index in [-0.39, 0.29) is 12.1 Å². The Kier molecular flexibility index (Phi) is 17.4. The molecule has 0 radical (unpaired) electrons. The summed E-state index contributed by atoms with van der Waals surface area (Å²) in [5, 5.41) is 0. The number of carbonyl (C=O) groups is 1. The monoisotopic (exact) mass is 326 g/mol. The number of rotatable bonds is 17. The molecule has 0 aromatic heterocycles. The molecular formula is C21H42O2. The highest BCUT2D eigenvalue weighted by atomic mass is 16.5. The van der Waals surface area contributed by atoms with E-state index in [2.05, 4.69) is 13.8 Å². The van der Waals surface area contributed by atoms with E-state index in [1.807, 2.05) is 6.92 Å². The van der Waals surface area contributed by atoms with Gasteiger partial charge in [0.1, 0.15) is 0 Å². The van der Waals surface area contributed by atoms with Crippen LogP contribution >= 0.6 is 0 Å². The fourth-order valence-electron chi connectivity index (χ4n) is 2.96. The van der Waals surface area contributed by atoms with Gasteiger partial charge in [-0.1, -0.05) is 90.9 Å². The molecule has 2 nitrogen and oxygen atoms in total. The highest BCUT2D eigenvalue weighted by molar-refractivity contribution is 5.69. The van der Waals surface area contributed by atoms with Crippen LogP contribution < -0.4 is 0 Å². The Morgan fingerprint density at radius 3 is 1.65 bits per heavy atom. The minimum Gasteiger partial charge on any atom is -0.463 e. The van der Waals surface area contributed by atoms with Crippen LogP contribution in [0.2, 0.25) is 0 Å². The predicted molar refractivity (Wildman–Crippen MR) is 101 cm³/mol. The van der Waals surface area contributed by atoms with Crippen LogP contribution in [0.25, 0.3) is 0 Å². The van der Waals surface area contributed by atoms with Crippen molar-refractivity contribution in [3.8, 4) is 0 Å². The lowest BCUT2D eigenvalue weighted by Crippen LogP contribution is -2.14. The number of carbonyl (C=O) groups excluding carboxylic acids is 1. The molecule has 0 amide bonds. The second kappa shape index (κ2) is 17.8. The first kappa shape index (κ1) is 22.5. The molecule has 0 aliphatic heterocycles. The summed E-state index contributed by atoms with van der Waals surface area (Å²) < 4.78 is 5.45. The zero-order valence-electron chi connectivity index (χ0n) is 16.2. The first-order valence-corrected chi connectivity index (χ1v) is 10.4. The molecule has 0 bridgehead atoms. The zero-order valence-corrected chi connectivity index (χ0v) is 16.2. The van der Waals surface area contributed by atoms with Crippen LogP contribution in [-0.4, -0.2) is 12.1 Å². The molecular weight excluding hydrogens is 284 g/mol. The molecule has 138 valence electrons. The standard InChI is InChI=1S/C21H42O2/c1-4-6-8-9-10-11-12-13-14-15-17-19-21(22)23-20(3)18-16-7-5-2/h20H,4-19H2,1-3H3/t20-/m0/s1. The second-order valence-electron chi connectivity index (χ2n) is 7.08. The summed E-state index contributed by atoms with van der Waals surface area (Å²) in [4.78, 5) is 11.7. The maximum absolute atomic E-state index is 11.7. The molecule has 0 spiro atoms. The van der Waals surface area contributed by atoms with E-state index in [9.17, 15) is 4.79 Å². The van der Waals surface area contributed by atoms with Crippen molar-refractivity contribution in [2.45, 2.75) is 130 Å². The van der Waals surface area contributed by atoms with Gasteiger partial charge in [-0.05, 0) is 26.2 Å². The van der Waals surface area contributed by atoms with Crippen LogP contribution in [0.15, 0.2) is 0 Å². The fraction of sp³-hybridized carbons (Fsp3) is 0.952. The topological polar surface area (TPSA) is 26.3 Å². The number of ether oxygens (including phenoxy) is 1. The van der Waals surface area contributed by atoms with Gasteiger partial charge in [0.2, 0.25) is 0 Å². The molecule has 0 aliphatic carbocycles. The van der Waals surface area contributed by atoms with E-state index in [1.54, 1.807) is 0 Å².